The molecule has 1 aromatic carbocycles. The molecule has 1 aromatic rings. The third-order valence-corrected chi connectivity index (χ3v) is 6.87. The van der Waals surface area contributed by atoms with Crippen molar-refractivity contribution < 1.29 is 8.42 Å². The van der Waals surface area contributed by atoms with Crippen LogP contribution in [0.2, 0.25) is 0 Å². The zero-order valence-electron chi connectivity index (χ0n) is 11.9. The van der Waals surface area contributed by atoms with Gasteiger partial charge in [0, 0.05) is 23.6 Å². The fraction of sp³-hybridized carbons (Fsp3) is 0.571. The largest absolute Gasteiger partial charge is 0.326 e. The van der Waals surface area contributed by atoms with Gasteiger partial charge < -0.3 is 5.73 Å². The normalized spacial score (nSPS) is 20.5. The van der Waals surface area contributed by atoms with Crippen LogP contribution in [0.3, 0.4) is 0 Å². The molecule has 6 heteroatoms. The molecular formula is C14H21BrN2O2S. The van der Waals surface area contributed by atoms with Crippen LogP contribution in [0.1, 0.15) is 37.3 Å². The average molecular weight is 361 g/mol. The quantitative estimate of drug-likeness (QED) is 0.897. The van der Waals surface area contributed by atoms with Gasteiger partial charge in [-0.15, -0.1) is 0 Å². The van der Waals surface area contributed by atoms with Crippen LogP contribution in [0, 0.1) is 6.92 Å². The molecule has 2 N–H and O–H groups in total. The van der Waals surface area contributed by atoms with Gasteiger partial charge in [-0.2, -0.15) is 4.31 Å². The maximum atomic E-state index is 12.9. The molecule has 20 heavy (non-hydrogen) atoms. The van der Waals surface area contributed by atoms with Crippen molar-refractivity contribution in [2.75, 3.05) is 6.54 Å². The van der Waals surface area contributed by atoms with Crippen LogP contribution in [-0.2, 0) is 16.6 Å². The van der Waals surface area contributed by atoms with Crippen LogP contribution in [-0.4, -0.2) is 25.3 Å². The Morgan fingerprint density at radius 3 is 2.75 bits per heavy atom. The first kappa shape index (κ1) is 15.9. The highest BCUT2D eigenvalue weighted by Crippen LogP contribution is 2.32. The van der Waals surface area contributed by atoms with E-state index in [0.717, 1.165) is 34.9 Å². The van der Waals surface area contributed by atoms with Crippen molar-refractivity contribution in [2.45, 2.75) is 50.6 Å². The van der Waals surface area contributed by atoms with Gasteiger partial charge in [-0.1, -0.05) is 22.9 Å². The Morgan fingerprint density at radius 1 is 1.45 bits per heavy atom. The number of hydrogen-bond acceptors (Lipinski definition) is 3. The summed E-state index contributed by atoms with van der Waals surface area (Å²) in [5, 5.41) is 0. The fourth-order valence-electron chi connectivity index (χ4n) is 2.75. The minimum absolute atomic E-state index is 0.125. The molecule has 0 saturated carbocycles. The Bertz CT molecular complexity index is 601. The number of nitrogens with zero attached hydrogens (tertiary/aromatic N) is 1. The number of halogens is 1. The second kappa shape index (κ2) is 6.13. The van der Waals surface area contributed by atoms with E-state index in [9.17, 15) is 8.42 Å². The first-order chi connectivity index (χ1) is 9.41. The van der Waals surface area contributed by atoms with Gasteiger partial charge in [0.05, 0.1) is 4.90 Å². The molecule has 112 valence electrons. The minimum Gasteiger partial charge on any atom is -0.326 e. The van der Waals surface area contributed by atoms with Crippen molar-refractivity contribution in [3.8, 4) is 0 Å². The molecular weight excluding hydrogens is 340 g/mol. The van der Waals surface area contributed by atoms with Gasteiger partial charge in [0.25, 0.3) is 0 Å². The number of benzene rings is 1. The van der Waals surface area contributed by atoms with E-state index in [0.29, 0.717) is 18.0 Å². The predicted octanol–water partition coefficient (Wildman–Crippen LogP) is 2.78. The third kappa shape index (κ3) is 2.79. The van der Waals surface area contributed by atoms with Crippen LogP contribution in [0.4, 0.5) is 0 Å². The summed E-state index contributed by atoms with van der Waals surface area (Å²) in [7, 11) is -3.44. The molecule has 1 atom stereocenters. The molecule has 0 bridgehead atoms. The average Bonchev–Trinajstić information content (AvgIpc) is 2.90. The summed E-state index contributed by atoms with van der Waals surface area (Å²) >= 11 is 3.43. The van der Waals surface area contributed by atoms with Crippen molar-refractivity contribution >= 4 is 26.0 Å². The Labute approximate surface area is 129 Å². The van der Waals surface area contributed by atoms with Gasteiger partial charge in [0.1, 0.15) is 0 Å². The van der Waals surface area contributed by atoms with Gasteiger partial charge in [-0.05, 0) is 49.4 Å². The Hall–Kier alpha value is -0.430. The van der Waals surface area contributed by atoms with Crippen molar-refractivity contribution in [3.05, 3.63) is 27.7 Å². The second-order valence-corrected chi connectivity index (χ2v) is 7.94. The van der Waals surface area contributed by atoms with Gasteiger partial charge in [-0.3, -0.25) is 0 Å². The summed E-state index contributed by atoms with van der Waals surface area (Å²) in [5.41, 5.74) is 7.24. The maximum absolute atomic E-state index is 12.9. The highest BCUT2D eigenvalue weighted by Gasteiger charge is 2.35. The van der Waals surface area contributed by atoms with Crippen molar-refractivity contribution in [2.24, 2.45) is 5.73 Å². The van der Waals surface area contributed by atoms with Crippen molar-refractivity contribution in [3.63, 3.8) is 0 Å². The summed E-state index contributed by atoms with van der Waals surface area (Å²) in [6.45, 7) is 4.81. The molecule has 1 aliphatic rings. The van der Waals surface area contributed by atoms with Crippen molar-refractivity contribution in [1.29, 1.82) is 0 Å². The fourth-order valence-corrected chi connectivity index (χ4v) is 5.46. The lowest BCUT2D eigenvalue weighted by Crippen LogP contribution is -2.35. The zero-order valence-corrected chi connectivity index (χ0v) is 14.3. The van der Waals surface area contributed by atoms with Gasteiger partial charge in [-0.25, -0.2) is 8.42 Å². The summed E-state index contributed by atoms with van der Waals surface area (Å²) in [6, 6.07) is 3.72. The zero-order chi connectivity index (χ0) is 14.9. The Balaban J connectivity index is 2.51. The van der Waals surface area contributed by atoms with E-state index in [4.69, 9.17) is 5.73 Å². The van der Waals surface area contributed by atoms with E-state index in [1.54, 1.807) is 10.4 Å². The first-order valence-corrected chi connectivity index (χ1v) is 9.16. The number of nitrogens with two attached hydrogens (primary N) is 1. The predicted molar refractivity (Wildman–Crippen MR) is 84.0 cm³/mol. The summed E-state index contributed by atoms with van der Waals surface area (Å²) in [6.07, 6.45) is 2.75. The van der Waals surface area contributed by atoms with E-state index in [1.165, 1.54) is 0 Å². The molecule has 0 aromatic heterocycles. The first-order valence-electron chi connectivity index (χ1n) is 6.92. The van der Waals surface area contributed by atoms with Crippen LogP contribution >= 0.6 is 15.9 Å². The summed E-state index contributed by atoms with van der Waals surface area (Å²) in [5.74, 6) is 0. The number of sulfonamides is 1. The van der Waals surface area contributed by atoms with Gasteiger partial charge >= 0.3 is 0 Å². The topological polar surface area (TPSA) is 63.4 Å². The lowest BCUT2D eigenvalue weighted by Gasteiger charge is -2.24. The summed E-state index contributed by atoms with van der Waals surface area (Å²) in [4.78, 5) is 0.382. The van der Waals surface area contributed by atoms with E-state index < -0.39 is 10.0 Å². The van der Waals surface area contributed by atoms with E-state index in [2.05, 4.69) is 15.9 Å². The maximum Gasteiger partial charge on any atom is 0.243 e. The molecule has 1 unspecified atom stereocenters. The standard InChI is InChI=1S/C14H21BrN2O2S/c1-3-12-5-4-6-17(12)20(18,19)14-8-11(9-16)7-13(15)10(14)2/h7-8,12H,3-6,9,16H2,1-2H3. The highest BCUT2D eigenvalue weighted by molar-refractivity contribution is 9.10. The summed E-state index contributed by atoms with van der Waals surface area (Å²) < 4.78 is 28.3. The Morgan fingerprint density at radius 2 is 2.15 bits per heavy atom. The van der Waals surface area contributed by atoms with Gasteiger partial charge in [0.15, 0.2) is 0 Å². The third-order valence-electron chi connectivity index (χ3n) is 3.97. The lowest BCUT2D eigenvalue weighted by molar-refractivity contribution is 0.379. The minimum atomic E-state index is -3.44. The highest BCUT2D eigenvalue weighted by atomic mass is 79.9. The molecule has 0 aliphatic carbocycles. The van der Waals surface area contributed by atoms with E-state index in [1.807, 2.05) is 19.9 Å². The number of rotatable bonds is 4. The van der Waals surface area contributed by atoms with Crippen LogP contribution < -0.4 is 5.73 Å². The lowest BCUT2D eigenvalue weighted by atomic mass is 10.1. The molecule has 2 rings (SSSR count). The Kier molecular flexibility index (Phi) is 4.89. The number of hydrogen-bond donors (Lipinski definition) is 1. The molecule has 1 fully saturated rings. The molecule has 1 saturated heterocycles. The second-order valence-electron chi connectivity index (χ2n) is 5.22. The smallest absolute Gasteiger partial charge is 0.243 e. The van der Waals surface area contributed by atoms with Crippen molar-refractivity contribution in [1.82, 2.24) is 4.31 Å². The van der Waals surface area contributed by atoms with E-state index in [-0.39, 0.29) is 6.04 Å². The molecule has 0 spiro atoms. The van der Waals surface area contributed by atoms with Crippen LogP contribution in [0.15, 0.2) is 21.5 Å². The van der Waals surface area contributed by atoms with Gasteiger partial charge in [0.2, 0.25) is 10.0 Å². The molecule has 4 nitrogen and oxygen atoms in total. The molecule has 1 heterocycles. The molecule has 0 amide bonds. The monoisotopic (exact) mass is 360 g/mol. The molecule has 1 aliphatic heterocycles. The van der Waals surface area contributed by atoms with E-state index >= 15 is 0 Å². The van der Waals surface area contributed by atoms with Crippen LogP contribution in [0.5, 0.6) is 0 Å². The van der Waals surface area contributed by atoms with Crippen LogP contribution in [0.25, 0.3) is 0 Å². The molecule has 0 radical (unpaired) electrons. The SMILES string of the molecule is CCC1CCCN1S(=O)(=O)c1cc(CN)cc(Br)c1C.